The first-order chi connectivity index (χ1) is 11.7. The summed E-state index contributed by atoms with van der Waals surface area (Å²) < 4.78 is 0. The minimum Gasteiger partial charge on any atom is -0.361 e. The number of Topliss-reactive ketones (excluding diaryl/α,β-unsaturated/α-hetero) is 1. The molecule has 0 aliphatic carbocycles. The van der Waals surface area contributed by atoms with Gasteiger partial charge in [0.2, 0.25) is 0 Å². The third kappa shape index (κ3) is 3.72. The van der Waals surface area contributed by atoms with Crippen LogP contribution in [0.4, 0.5) is 0 Å². The number of unbranched alkanes of at least 4 members (excludes halogenated alkanes) is 2. The Morgan fingerprint density at radius 3 is 2.71 bits per heavy atom. The van der Waals surface area contributed by atoms with Crippen molar-refractivity contribution in [3.8, 4) is 0 Å². The van der Waals surface area contributed by atoms with Gasteiger partial charge < -0.3 is 9.88 Å². The molecule has 0 unspecified atom stereocenters. The number of hydrogen-bond donors (Lipinski definition) is 1. The van der Waals surface area contributed by atoms with Crippen LogP contribution in [0.15, 0.2) is 24.4 Å². The van der Waals surface area contributed by atoms with Crippen LogP contribution in [0.3, 0.4) is 0 Å². The van der Waals surface area contributed by atoms with Gasteiger partial charge in [0.15, 0.2) is 5.78 Å². The van der Waals surface area contributed by atoms with E-state index in [4.69, 9.17) is 0 Å². The van der Waals surface area contributed by atoms with E-state index in [-0.39, 0.29) is 0 Å². The third-order valence-corrected chi connectivity index (χ3v) is 5.52. The Balaban J connectivity index is 1.77. The first-order valence-corrected chi connectivity index (χ1v) is 9.59. The number of benzene rings is 1. The normalized spacial score (nSPS) is 16.8. The Labute approximate surface area is 145 Å². The molecule has 130 valence electrons. The maximum Gasteiger partial charge on any atom is 0.162 e. The molecule has 1 aliphatic rings. The average Bonchev–Trinajstić information content (AvgIpc) is 3.05. The van der Waals surface area contributed by atoms with Gasteiger partial charge in [0.1, 0.15) is 0 Å². The average molecular weight is 326 g/mol. The summed E-state index contributed by atoms with van der Waals surface area (Å²) in [6.45, 7) is 7.93. The minimum atomic E-state index is 0.290. The highest BCUT2D eigenvalue weighted by atomic mass is 16.1. The summed E-state index contributed by atoms with van der Waals surface area (Å²) in [4.78, 5) is 18.4. The van der Waals surface area contributed by atoms with E-state index in [1.165, 1.54) is 36.9 Å². The second kappa shape index (κ2) is 7.98. The predicted octanol–water partition coefficient (Wildman–Crippen LogP) is 5.13. The first kappa shape index (κ1) is 17.2. The highest BCUT2D eigenvalue weighted by Crippen LogP contribution is 2.33. The zero-order valence-corrected chi connectivity index (χ0v) is 15.1. The number of carbonyl (C=O) groups is 1. The topological polar surface area (TPSA) is 36.1 Å². The standard InChI is InChI=1S/C21H30N2O/c1-3-5-6-7-21(24)17-8-9-20-18(14-17)19(15-22-20)16-10-12-23(4-2)13-11-16/h8-9,14-16,22H,3-7,10-13H2,1-2H3. The Kier molecular flexibility index (Phi) is 5.72. The number of aromatic amines is 1. The third-order valence-electron chi connectivity index (χ3n) is 5.52. The van der Waals surface area contributed by atoms with Gasteiger partial charge in [-0.2, -0.15) is 0 Å². The molecule has 1 saturated heterocycles. The van der Waals surface area contributed by atoms with E-state index < -0.39 is 0 Å². The molecule has 0 amide bonds. The van der Waals surface area contributed by atoms with Gasteiger partial charge in [-0.1, -0.05) is 26.7 Å². The second-order valence-corrected chi connectivity index (χ2v) is 7.09. The lowest BCUT2D eigenvalue weighted by atomic mass is 9.88. The fraction of sp³-hybridized carbons (Fsp3) is 0.571. The van der Waals surface area contributed by atoms with E-state index in [0.717, 1.165) is 36.9 Å². The molecule has 1 fully saturated rings. The number of nitrogens with zero attached hydrogens (tertiary/aromatic N) is 1. The number of likely N-dealkylation sites (tertiary alicyclic amines) is 1. The van der Waals surface area contributed by atoms with Crippen molar-refractivity contribution in [3.05, 3.63) is 35.5 Å². The van der Waals surface area contributed by atoms with Crippen LogP contribution in [0, 0.1) is 0 Å². The number of nitrogens with one attached hydrogen (secondary N) is 1. The summed E-state index contributed by atoms with van der Waals surface area (Å²) >= 11 is 0. The summed E-state index contributed by atoms with van der Waals surface area (Å²) in [6, 6.07) is 6.19. The lowest BCUT2D eigenvalue weighted by Gasteiger charge is -2.30. The van der Waals surface area contributed by atoms with E-state index in [1.807, 2.05) is 6.07 Å². The van der Waals surface area contributed by atoms with Crippen LogP contribution in [-0.2, 0) is 0 Å². The number of hydrogen-bond acceptors (Lipinski definition) is 2. The lowest BCUT2D eigenvalue weighted by molar-refractivity contribution is 0.0979. The molecule has 0 radical (unpaired) electrons. The van der Waals surface area contributed by atoms with Crippen molar-refractivity contribution in [2.75, 3.05) is 19.6 Å². The zero-order valence-electron chi connectivity index (χ0n) is 15.1. The maximum absolute atomic E-state index is 12.4. The van der Waals surface area contributed by atoms with Gasteiger partial charge in [0.05, 0.1) is 0 Å². The van der Waals surface area contributed by atoms with Crippen molar-refractivity contribution in [3.63, 3.8) is 0 Å². The summed E-state index contributed by atoms with van der Waals surface area (Å²) in [7, 11) is 0. The smallest absolute Gasteiger partial charge is 0.162 e. The van der Waals surface area contributed by atoms with Gasteiger partial charge >= 0.3 is 0 Å². The van der Waals surface area contributed by atoms with E-state index in [0.29, 0.717) is 18.1 Å². The molecule has 3 rings (SSSR count). The van der Waals surface area contributed by atoms with Crippen LogP contribution in [0.5, 0.6) is 0 Å². The number of H-pyrrole nitrogens is 1. The lowest BCUT2D eigenvalue weighted by Crippen LogP contribution is -2.32. The molecule has 3 nitrogen and oxygen atoms in total. The van der Waals surface area contributed by atoms with Crippen LogP contribution in [0.2, 0.25) is 0 Å². The highest BCUT2D eigenvalue weighted by molar-refractivity contribution is 6.00. The molecule has 2 aromatic rings. The van der Waals surface area contributed by atoms with Crippen molar-refractivity contribution in [1.82, 2.24) is 9.88 Å². The van der Waals surface area contributed by atoms with E-state index in [1.54, 1.807) is 0 Å². The van der Waals surface area contributed by atoms with Crippen molar-refractivity contribution < 1.29 is 4.79 Å². The molecule has 0 bridgehead atoms. The predicted molar refractivity (Wildman–Crippen MR) is 101 cm³/mol. The second-order valence-electron chi connectivity index (χ2n) is 7.09. The summed E-state index contributed by atoms with van der Waals surface area (Å²) in [5.74, 6) is 0.908. The molecule has 24 heavy (non-hydrogen) atoms. The summed E-state index contributed by atoms with van der Waals surface area (Å²) in [6.07, 6.45) is 8.58. The van der Waals surface area contributed by atoms with Crippen LogP contribution < -0.4 is 0 Å². The summed E-state index contributed by atoms with van der Waals surface area (Å²) in [5, 5.41) is 1.26. The van der Waals surface area contributed by atoms with Crippen molar-refractivity contribution in [2.45, 2.75) is 58.3 Å². The molecule has 0 saturated carbocycles. The Bertz CT molecular complexity index is 680. The SMILES string of the molecule is CCCCCC(=O)c1ccc2[nH]cc(C3CCN(CC)CC3)c2c1. The fourth-order valence-corrected chi connectivity index (χ4v) is 3.89. The van der Waals surface area contributed by atoms with Gasteiger partial charge in [-0.05, 0) is 68.6 Å². The highest BCUT2D eigenvalue weighted by Gasteiger charge is 2.22. The quantitative estimate of drug-likeness (QED) is 0.565. The van der Waals surface area contributed by atoms with E-state index in [2.05, 4.69) is 42.1 Å². The Hall–Kier alpha value is -1.61. The molecule has 1 aromatic carbocycles. The van der Waals surface area contributed by atoms with Gasteiger partial charge in [-0.25, -0.2) is 0 Å². The van der Waals surface area contributed by atoms with Crippen molar-refractivity contribution in [2.24, 2.45) is 0 Å². The van der Waals surface area contributed by atoms with Crippen LogP contribution >= 0.6 is 0 Å². The number of rotatable bonds is 7. The van der Waals surface area contributed by atoms with Crippen LogP contribution in [-0.4, -0.2) is 35.3 Å². The number of piperidine rings is 1. The van der Waals surface area contributed by atoms with Gasteiger partial charge in [-0.3, -0.25) is 4.79 Å². The minimum absolute atomic E-state index is 0.290. The van der Waals surface area contributed by atoms with E-state index in [9.17, 15) is 4.79 Å². The number of carbonyl (C=O) groups excluding carboxylic acids is 1. The molecular formula is C21H30N2O. The van der Waals surface area contributed by atoms with E-state index >= 15 is 0 Å². The molecule has 1 N–H and O–H groups in total. The monoisotopic (exact) mass is 326 g/mol. The van der Waals surface area contributed by atoms with Gasteiger partial charge in [-0.15, -0.1) is 0 Å². The Morgan fingerprint density at radius 1 is 1.21 bits per heavy atom. The molecule has 3 heteroatoms. The van der Waals surface area contributed by atoms with Crippen LogP contribution in [0.1, 0.15) is 74.2 Å². The van der Waals surface area contributed by atoms with Crippen molar-refractivity contribution in [1.29, 1.82) is 0 Å². The van der Waals surface area contributed by atoms with Gasteiger partial charge in [0, 0.05) is 29.1 Å². The first-order valence-electron chi connectivity index (χ1n) is 9.59. The molecule has 1 aromatic heterocycles. The largest absolute Gasteiger partial charge is 0.361 e. The van der Waals surface area contributed by atoms with Crippen LogP contribution in [0.25, 0.3) is 10.9 Å². The number of ketones is 1. The zero-order chi connectivity index (χ0) is 16.9. The fourth-order valence-electron chi connectivity index (χ4n) is 3.89. The maximum atomic E-state index is 12.4. The molecule has 1 aliphatic heterocycles. The molecule has 2 heterocycles. The number of aromatic nitrogens is 1. The Morgan fingerprint density at radius 2 is 2.00 bits per heavy atom. The molecule has 0 atom stereocenters. The van der Waals surface area contributed by atoms with Gasteiger partial charge in [0.25, 0.3) is 0 Å². The molecular weight excluding hydrogens is 296 g/mol. The number of fused-ring (bicyclic) bond motifs is 1. The summed E-state index contributed by atoms with van der Waals surface area (Å²) in [5.41, 5.74) is 3.45. The molecule has 0 spiro atoms. The van der Waals surface area contributed by atoms with Crippen molar-refractivity contribution >= 4 is 16.7 Å².